The van der Waals surface area contributed by atoms with Crippen LogP contribution in [0.2, 0.25) is 0 Å². The zero-order valence-corrected chi connectivity index (χ0v) is 18.6. The lowest BCUT2D eigenvalue weighted by atomic mass is 10.2. The molecule has 4 rings (SSSR count). The molecule has 2 heterocycles. The fourth-order valence-electron chi connectivity index (χ4n) is 3.42. The van der Waals surface area contributed by atoms with Crippen LogP contribution in [0.4, 0.5) is 0 Å². The minimum Gasteiger partial charge on any atom is -0.490 e. The summed E-state index contributed by atoms with van der Waals surface area (Å²) in [6.07, 6.45) is 7.85. The summed E-state index contributed by atoms with van der Waals surface area (Å²) in [6.45, 7) is 3.54. The molecule has 0 saturated heterocycles. The normalized spacial score (nSPS) is 11.1. The molecular formula is C27H27N3O3. The van der Waals surface area contributed by atoms with Gasteiger partial charge in [0.15, 0.2) is 11.4 Å². The summed E-state index contributed by atoms with van der Waals surface area (Å²) in [5, 5.41) is 2.91. The van der Waals surface area contributed by atoms with Crippen LogP contribution >= 0.6 is 0 Å². The van der Waals surface area contributed by atoms with Gasteiger partial charge < -0.3 is 19.2 Å². The van der Waals surface area contributed by atoms with E-state index in [1.165, 1.54) is 6.08 Å². The number of carbonyl (C=O) groups is 1. The highest BCUT2D eigenvalue weighted by Gasteiger charge is 2.07. The van der Waals surface area contributed by atoms with Crippen LogP contribution in [0, 0.1) is 0 Å². The van der Waals surface area contributed by atoms with Gasteiger partial charge in [-0.15, -0.1) is 0 Å². The summed E-state index contributed by atoms with van der Waals surface area (Å²) >= 11 is 0. The van der Waals surface area contributed by atoms with Gasteiger partial charge in [-0.25, -0.2) is 4.98 Å². The number of imidazole rings is 1. The Morgan fingerprint density at radius 1 is 1.06 bits per heavy atom. The van der Waals surface area contributed by atoms with E-state index in [1.807, 2.05) is 90.4 Å². The maximum absolute atomic E-state index is 12.2. The predicted octanol–water partition coefficient (Wildman–Crippen LogP) is 4.68. The van der Waals surface area contributed by atoms with E-state index in [-0.39, 0.29) is 5.91 Å². The molecule has 0 saturated carbocycles. The highest BCUT2D eigenvalue weighted by atomic mass is 16.5. The van der Waals surface area contributed by atoms with Gasteiger partial charge in [0, 0.05) is 31.4 Å². The number of nitrogens with one attached hydrogen (secondary N) is 1. The molecule has 168 valence electrons. The first-order valence-corrected chi connectivity index (χ1v) is 11.0. The molecule has 0 aliphatic carbocycles. The third kappa shape index (κ3) is 6.23. The molecule has 0 fully saturated rings. The van der Waals surface area contributed by atoms with Crippen molar-refractivity contribution in [1.29, 1.82) is 0 Å². The fraction of sp³-hybridized carbons (Fsp3) is 0.185. The Morgan fingerprint density at radius 2 is 1.94 bits per heavy atom. The molecule has 1 N–H and O–H groups in total. The highest BCUT2D eigenvalue weighted by Crippen LogP contribution is 2.19. The second kappa shape index (κ2) is 11.0. The molecule has 1 amide bonds. The zero-order chi connectivity index (χ0) is 22.9. The lowest BCUT2D eigenvalue weighted by Gasteiger charge is -2.07. The molecule has 6 heteroatoms. The molecule has 33 heavy (non-hydrogen) atoms. The van der Waals surface area contributed by atoms with Gasteiger partial charge in [-0.1, -0.05) is 42.5 Å². The SMILES string of the molecule is CCOc1cccn2cc(CCNC(=O)/C=C/c3cccc(OCc4ccccc4)c3)nc12. The van der Waals surface area contributed by atoms with Gasteiger partial charge >= 0.3 is 0 Å². The van der Waals surface area contributed by atoms with Crippen molar-refractivity contribution >= 4 is 17.6 Å². The van der Waals surface area contributed by atoms with Crippen LogP contribution in [0.5, 0.6) is 11.5 Å². The molecule has 2 aromatic heterocycles. The average Bonchev–Trinajstić information content (AvgIpc) is 3.27. The lowest BCUT2D eigenvalue weighted by Crippen LogP contribution is -2.23. The molecule has 0 spiro atoms. The van der Waals surface area contributed by atoms with Crippen molar-refractivity contribution in [2.24, 2.45) is 0 Å². The smallest absolute Gasteiger partial charge is 0.244 e. The van der Waals surface area contributed by atoms with Crippen LogP contribution in [0.1, 0.15) is 23.7 Å². The second-order valence-corrected chi connectivity index (χ2v) is 7.49. The van der Waals surface area contributed by atoms with Crippen molar-refractivity contribution in [3.63, 3.8) is 0 Å². The summed E-state index contributed by atoms with van der Waals surface area (Å²) in [4.78, 5) is 16.9. The van der Waals surface area contributed by atoms with Crippen molar-refractivity contribution in [2.45, 2.75) is 20.0 Å². The van der Waals surface area contributed by atoms with E-state index in [9.17, 15) is 4.79 Å². The summed E-state index contributed by atoms with van der Waals surface area (Å²) in [5.41, 5.74) is 3.70. The van der Waals surface area contributed by atoms with Crippen LogP contribution < -0.4 is 14.8 Å². The molecule has 0 bridgehead atoms. The van der Waals surface area contributed by atoms with Crippen LogP contribution in [0.25, 0.3) is 11.7 Å². The molecular weight excluding hydrogens is 414 g/mol. The van der Waals surface area contributed by atoms with Crippen molar-refractivity contribution in [3.05, 3.63) is 102 Å². The number of rotatable bonds is 10. The maximum Gasteiger partial charge on any atom is 0.244 e. The second-order valence-electron chi connectivity index (χ2n) is 7.49. The number of hydrogen-bond donors (Lipinski definition) is 1. The minimum absolute atomic E-state index is 0.149. The van der Waals surface area contributed by atoms with Gasteiger partial charge in [0.2, 0.25) is 5.91 Å². The Morgan fingerprint density at radius 3 is 2.79 bits per heavy atom. The number of fused-ring (bicyclic) bond motifs is 1. The first-order valence-electron chi connectivity index (χ1n) is 11.0. The average molecular weight is 442 g/mol. The summed E-state index contributed by atoms with van der Waals surface area (Å²) in [7, 11) is 0. The third-order valence-electron chi connectivity index (χ3n) is 5.01. The predicted molar refractivity (Wildman–Crippen MR) is 129 cm³/mol. The Labute approximate surface area is 193 Å². The van der Waals surface area contributed by atoms with Gasteiger partial charge in [0.25, 0.3) is 0 Å². The Hall–Kier alpha value is -4.06. The number of nitrogens with zero attached hydrogens (tertiary/aromatic N) is 2. The monoisotopic (exact) mass is 441 g/mol. The number of hydrogen-bond acceptors (Lipinski definition) is 4. The largest absolute Gasteiger partial charge is 0.490 e. The summed E-state index contributed by atoms with van der Waals surface area (Å²) in [6, 6.07) is 21.5. The highest BCUT2D eigenvalue weighted by molar-refractivity contribution is 5.91. The molecule has 0 atom stereocenters. The van der Waals surface area contributed by atoms with Crippen molar-refractivity contribution in [1.82, 2.24) is 14.7 Å². The van der Waals surface area contributed by atoms with E-state index >= 15 is 0 Å². The maximum atomic E-state index is 12.2. The summed E-state index contributed by atoms with van der Waals surface area (Å²) < 4.78 is 13.4. The van der Waals surface area contributed by atoms with Crippen LogP contribution in [0.3, 0.4) is 0 Å². The molecule has 2 aromatic carbocycles. The Balaban J connectivity index is 1.27. The standard InChI is InChI=1S/C27H27N3O3/c1-2-32-25-12-7-17-30-19-23(29-27(25)30)15-16-28-26(31)14-13-21-10-6-11-24(18-21)33-20-22-8-4-3-5-9-22/h3-14,17-19H,2,15-16,20H2,1H3,(H,28,31)/b14-13+. The first-order chi connectivity index (χ1) is 16.2. The number of carbonyl (C=O) groups excluding carboxylic acids is 1. The number of aromatic nitrogens is 2. The van der Waals surface area contributed by atoms with E-state index < -0.39 is 0 Å². The van der Waals surface area contributed by atoms with Gasteiger partial charge in [0.05, 0.1) is 12.3 Å². The van der Waals surface area contributed by atoms with Crippen molar-refractivity contribution in [3.8, 4) is 11.5 Å². The number of ether oxygens (including phenoxy) is 2. The van der Waals surface area contributed by atoms with E-state index in [0.29, 0.717) is 26.2 Å². The van der Waals surface area contributed by atoms with Gasteiger partial charge in [0.1, 0.15) is 12.4 Å². The van der Waals surface area contributed by atoms with Crippen LogP contribution in [-0.4, -0.2) is 28.4 Å². The van der Waals surface area contributed by atoms with Crippen LogP contribution in [0.15, 0.2) is 85.2 Å². The molecule has 6 nitrogen and oxygen atoms in total. The van der Waals surface area contributed by atoms with Crippen LogP contribution in [-0.2, 0) is 17.8 Å². The zero-order valence-electron chi connectivity index (χ0n) is 18.6. The fourth-order valence-corrected chi connectivity index (χ4v) is 3.42. The molecule has 0 aliphatic rings. The number of amides is 1. The number of benzene rings is 2. The van der Waals surface area contributed by atoms with Gasteiger partial charge in [-0.2, -0.15) is 0 Å². The van der Waals surface area contributed by atoms with E-state index in [2.05, 4.69) is 10.3 Å². The topological polar surface area (TPSA) is 64.9 Å². The Bertz CT molecular complexity index is 1230. The molecule has 4 aromatic rings. The van der Waals surface area contributed by atoms with E-state index in [0.717, 1.165) is 34.0 Å². The van der Waals surface area contributed by atoms with Gasteiger partial charge in [-0.3, -0.25) is 4.79 Å². The summed E-state index contributed by atoms with van der Waals surface area (Å²) in [5.74, 6) is 1.37. The number of pyridine rings is 1. The first kappa shape index (κ1) is 22.1. The molecule has 0 unspecified atom stereocenters. The Kier molecular flexibility index (Phi) is 7.38. The quantitative estimate of drug-likeness (QED) is 0.363. The van der Waals surface area contributed by atoms with Gasteiger partial charge in [-0.05, 0) is 48.4 Å². The van der Waals surface area contributed by atoms with Crippen molar-refractivity contribution < 1.29 is 14.3 Å². The lowest BCUT2D eigenvalue weighted by molar-refractivity contribution is -0.116. The van der Waals surface area contributed by atoms with E-state index in [4.69, 9.17) is 9.47 Å². The van der Waals surface area contributed by atoms with E-state index in [1.54, 1.807) is 6.08 Å². The minimum atomic E-state index is -0.149. The molecule has 0 aliphatic heterocycles. The van der Waals surface area contributed by atoms with Crippen molar-refractivity contribution in [2.75, 3.05) is 13.2 Å². The molecule has 0 radical (unpaired) electrons. The third-order valence-corrected chi connectivity index (χ3v) is 5.01.